The van der Waals surface area contributed by atoms with Gasteiger partial charge in [-0.15, -0.1) is 10.2 Å². The van der Waals surface area contributed by atoms with Gasteiger partial charge < -0.3 is 16.3 Å². The van der Waals surface area contributed by atoms with Crippen LogP contribution >= 0.6 is 0 Å². The van der Waals surface area contributed by atoms with Gasteiger partial charge in [0.25, 0.3) is 0 Å². The van der Waals surface area contributed by atoms with Gasteiger partial charge in [-0.05, 0) is 0 Å². The van der Waals surface area contributed by atoms with Crippen LogP contribution in [0.2, 0.25) is 0 Å². The zero-order valence-corrected chi connectivity index (χ0v) is 6.32. The number of methoxy groups -OCH3 is 1. The van der Waals surface area contributed by atoms with Crippen molar-refractivity contribution in [3.63, 3.8) is 0 Å². The fraction of sp³-hybridized carbons (Fsp3) is 0.600. The summed E-state index contributed by atoms with van der Waals surface area (Å²) >= 11 is 0. The van der Waals surface area contributed by atoms with Gasteiger partial charge >= 0.3 is 0 Å². The quantitative estimate of drug-likeness (QED) is 0.535. The Morgan fingerprint density at radius 1 is 1.55 bits per heavy atom. The molecule has 1 rings (SSSR count). The largest absolute Gasteiger partial charge is 0.384 e. The summed E-state index contributed by atoms with van der Waals surface area (Å²) in [6.07, 6.45) is 0.622. The number of anilines is 1. The first-order valence-corrected chi connectivity index (χ1v) is 3.19. The molecule has 0 amide bonds. The maximum atomic E-state index is 5.45. The van der Waals surface area contributed by atoms with E-state index in [9.17, 15) is 0 Å². The molecule has 0 bridgehead atoms. The van der Waals surface area contributed by atoms with Gasteiger partial charge in [-0.3, -0.25) is 0 Å². The summed E-state index contributed by atoms with van der Waals surface area (Å²) in [6, 6.07) is 0. The van der Waals surface area contributed by atoms with Crippen LogP contribution in [0.3, 0.4) is 0 Å². The molecule has 0 aliphatic heterocycles. The van der Waals surface area contributed by atoms with Gasteiger partial charge in [0.1, 0.15) is 0 Å². The fourth-order valence-electron chi connectivity index (χ4n) is 0.701. The molecule has 1 aromatic rings. The summed E-state index contributed by atoms with van der Waals surface area (Å²) in [4.78, 5) is 0. The van der Waals surface area contributed by atoms with E-state index in [1.54, 1.807) is 7.11 Å². The summed E-state index contributed by atoms with van der Waals surface area (Å²) in [5, 5.41) is 7.32. The van der Waals surface area contributed by atoms with Gasteiger partial charge in [0.2, 0.25) is 5.95 Å². The van der Waals surface area contributed by atoms with E-state index < -0.39 is 0 Å². The van der Waals surface area contributed by atoms with Crippen LogP contribution in [0, 0.1) is 0 Å². The number of nitrogens with two attached hydrogens (primary N) is 2. The molecule has 0 aliphatic carbocycles. The van der Waals surface area contributed by atoms with E-state index in [0.717, 1.165) is 0 Å². The van der Waals surface area contributed by atoms with Crippen molar-refractivity contribution in [2.75, 3.05) is 25.3 Å². The maximum absolute atomic E-state index is 5.45. The highest BCUT2D eigenvalue weighted by molar-refractivity contribution is 5.16. The summed E-state index contributed by atoms with van der Waals surface area (Å²) in [6.45, 7) is 0.565. The average molecular weight is 157 g/mol. The van der Waals surface area contributed by atoms with Crippen LogP contribution in [-0.4, -0.2) is 28.6 Å². The van der Waals surface area contributed by atoms with Crippen LogP contribution in [0.1, 0.15) is 5.82 Å². The zero-order chi connectivity index (χ0) is 8.27. The van der Waals surface area contributed by atoms with Gasteiger partial charge in [0.15, 0.2) is 5.82 Å². The molecule has 1 heterocycles. The number of aromatic nitrogens is 3. The molecule has 0 saturated carbocycles. The van der Waals surface area contributed by atoms with Crippen LogP contribution in [-0.2, 0) is 11.2 Å². The second-order valence-electron chi connectivity index (χ2n) is 2.09. The van der Waals surface area contributed by atoms with E-state index in [-0.39, 0.29) is 5.95 Å². The molecule has 6 nitrogen and oxygen atoms in total. The van der Waals surface area contributed by atoms with Gasteiger partial charge in [-0.1, -0.05) is 0 Å². The minimum Gasteiger partial charge on any atom is -0.384 e. The topological polar surface area (TPSA) is 92.0 Å². The van der Waals surface area contributed by atoms with Crippen LogP contribution < -0.4 is 11.6 Å². The van der Waals surface area contributed by atoms with E-state index in [1.807, 2.05) is 0 Å². The van der Waals surface area contributed by atoms with Crippen molar-refractivity contribution in [3.8, 4) is 0 Å². The van der Waals surface area contributed by atoms with Crippen molar-refractivity contribution in [3.05, 3.63) is 5.82 Å². The molecule has 0 unspecified atom stereocenters. The second kappa shape index (κ2) is 3.20. The van der Waals surface area contributed by atoms with Gasteiger partial charge in [-0.2, -0.15) is 0 Å². The lowest BCUT2D eigenvalue weighted by Gasteiger charge is -1.98. The first kappa shape index (κ1) is 7.80. The predicted octanol–water partition coefficient (Wildman–Crippen LogP) is -1.24. The Morgan fingerprint density at radius 2 is 2.27 bits per heavy atom. The van der Waals surface area contributed by atoms with Crippen LogP contribution in [0.15, 0.2) is 0 Å². The third kappa shape index (κ3) is 1.58. The molecular formula is C5H11N5O. The molecule has 6 heteroatoms. The molecule has 11 heavy (non-hydrogen) atoms. The molecule has 0 aromatic carbocycles. The van der Waals surface area contributed by atoms with Crippen molar-refractivity contribution >= 4 is 5.95 Å². The Bertz CT molecular complexity index is 233. The highest BCUT2D eigenvalue weighted by Crippen LogP contribution is 1.97. The van der Waals surface area contributed by atoms with Gasteiger partial charge in [0.05, 0.1) is 6.61 Å². The number of rotatable bonds is 3. The fourth-order valence-corrected chi connectivity index (χ4v) is 0.701. The van der Waals surface area contributed by atoms with E-state index in [1.165, 1.54) is 4.68 Å². The molecule has 0 atom stereocenters. The molecule has 4 N–H and O–H groups in total. The summed E-state index contributed by atoms with van der Waals surface area (Å²) in [7, 11) is 1.61. The number of nitrogens with zero attached hydrogens (tertiary/aromatic N) is 3. The summed E-state index contributed by atoms with van der Waals surface area (Å²) < 4.78 is 6.08. The lowest BCUT2D eigenvalue weighted by Crippen LogP contribution is -2.16. The molecule has 0 spiro atoms. The monoisotopic (exact) mass is 157 g/mol. The van der Waals surface area contributed by atoms with Gasteiger partial charge in [-0.25, -0.2) is 4.68 Å². The maximum Gasteiger partial charge on any atom is 0.240 e. The minimum atomic E-state index is 0.219. The SMILES string of the molecule is COCCc1nnc(N)n1N. The van der Waals surface area contributed by atoms with Crippen LogP contribution in [0.4, 0.5) is 5.95 Å². The Morgan fingerprint density at radius 3 is 2.73 bits per heavy atom. The Labute approximate surface area is 64.1 Å². The van der Waals surface area contributed by atoms with Crippen LogP contribution in [0.5, 0.6) is 0 Å². The molecule has 0 fully saturated rings. The lowest BCUT2D eigenvalue weighted by atomic mass is 10.4. The standard InChI is InChI=1S/C5H11N5O/c1-11-3-2-4-8-9-5(6)10(4)7/h2-3,7H2,1H3,(H2,6,9). The smallest absolute Gasteiger partial charge is 0.240 e. The van der Waals surface area contributed by atoms with Gasteiger partial charge in [0, 0.05) is 13.5 Å². The molecule has 62 valence electrons. The Balaban J connectivity index is 2.63. The molecule has 0 aliphatic rings. The predicted molar refractivity (Wildman–Crippen MR) is 40.2 cm³/mol. The summed E-state index contributed by atoms with van der Waals surface area (Å²) in [5.41, 5.74) is 5.34. The van der Waals surface area contributed by atoms with E-state index >= 15 is 0 Å². The van der Waals surface area contributed by atoms with E-state index in [4.69, 9.17) is 16.3 Å². The highest BCUT2D eigenvalue weighted by Gasteiger charge is 2.04. The normalized spacial score (nSPS) is 10.3. The molecule has 0 saturated heterocycles. The number of hydrogen-bond donors (Lipinski definition) is 2. The first-order chi connectivity index (χ1) is 5.25. The minimum absolute atomic E-state index is 0.219. The highest BCUT2D eigenvalue weighted by atomic mass is 16.5. The number of hydrogen-bond acceptors (Lipinski definition) is 5. The Hall–Kier alpha value is -1.30. The van der Waals surface area contributed by atoms with E-state index in [0.29, 0.717) is 18.9 Å². The molecular weight excluding hydrogens is 146 g/mol. The lowest BCUT2D eigenvalue weighted by molar-refractivity contribution is 0.200. The van der Waals surface area contributed by atoms with Crippen molar-refractivity contribution in [2.45, 2.75) is 6.42 Å². The number of ether oxygens (including phenoxy) is 1. The summed E-state index contributed by atoms with van der Waals surface area (Å²) in [5.74, 6) is 6.30. The zero-order valence-electron chi connectivity index (χ0n) is 6.32. The number of nitrogen functional groups attached to an aromatic ring is 2. The van der Waals surface area contributed by atoms with Crippen molar-refractivity contribution in [1.82, 2.24) is 14.9 Å². The van der Waals surface area contributed by atoms with E-state index in [2.05, 4.69) is 10.2 Å². The Kier molecular flexibility index (Phi) is 2.27. The van der Waals surface area contributed by atoms with Crippen molar-refractivity contribution in [2.24, 2.45) is 0 Å². The third-order valence-electron chi connectivity index (χ3n) is 1.32. The molecule has 0 radical (unpaired) electrons. The van der Waals surface area contributed by atoms with Crippen LogP contribution in [0.25, 0.3) is 0 Å². The van der Waals surface area contributed by atoms with Crippen molar-refractivity contribution in [1.29, 1.82) is 0 Å². The second-order valence-corrected chi connectivity index (χ2v) is 2.09. The third-order valence-corrected chi connectivity index (χ3v) is 1.32. The van der Waals surface area contributed by atoms with Crippen molar-refractivity contribution < 1.29 is 4.74 Å². The first-order valence-electron chi connectivity index (χ1n) is 3.19. The molecule has 1 aromatic heterocycles. The average Bonchev–Trinajstić information content (AvgIpc) is 2.31.